The Balaban J connectivity index is 0.000000192. The number of hydrogen-bond acceptors (Lipinski definition) is 11. The first kappa shape index (κ1) is 82.0. The number of rotatable bonds is 15. The van der Waals surface area contributed by atoms with Crippen LogP contribution in [0.15, 0.2) is 182 Å². The minimum atomic E-state index is -5.73. The molecule has 5 N–H and O–H groups in total. The van der Waals surface area contributed by atoms with E-state index in [-0.39, 0.29) is 59.7 Å². The Morgan fingerprint density at radius 2 is 0.755 bits per heavy atom. The van der Waals surface area contributed by atoms with Gasteiger partial charge in [-0.25, -0.2) is 14.4 Å². The molecule has 550 valence electrons. The van der Waals surface area contributed by atoms with E-state index in [2.05, 4.69) is 105 Å². The van der Waals surface area contributed by atoms with E-state index < -0.39 is 50.0 Å². The van der Waals surface area contributed by atoms with Crippen LogP contribution in [0.1, 0.15) is 179 Å². The van der Waals surface area contributed by atoms with Crippen LogP contribution >= 0.6 is 46.4 Å². The monoisotopic (exact) mass is 1500 g/mol. The summed E-state index contributed by atoms with van der Waals surface area (Å²) in [6, 6.07) is 51.8. The lowest BCUT2D eigenvalue weighted by Crippen LogP contribution is -2.44. The van der Waals surface area contributed by atoms with E-state index in [4.69, 9.17) is 66.3 Å². The van der Waals surface area contributed by atoms with Crippen LogP contribution in [-0.2, 0) is 55.0 Å². The zero-order valence-electron chi connectivity index (χ0n) is 59.5. The molecule has 4 aliphatic rings. The second-order valence-electron chi connectivity index (χ2n) is 29.4. The molecule has 0 aliphatic heterocycles. The molecule has 0 radical (unpaired) electrons. The number of hydrogen-bond donors (Lipinski definition) is 4. The number of Topliss-reactive ketones (excluding diaryl/α,β-unsaturated/α-hetero) is 1. The summed E-state index contributed by atoms with van der Waals surface area (Å²) in [5.41, 5.74) is 7.33. The predicted octanol–water partition coefficient (Wildman–Crippen LogP) is 20.5. The minimum absolute atomic E-state index is 0.0309. The van der Waals surface area contributed by atoms with E-state index in [9.17, 15) is 40.8 Å². The number of benzene rings is 6. The molecule has 102 heavy (non-hydrogen) atoms. The third-order valence-electron chi connectivity index (χ3n) is 18.4. The van der Waals surface area contributed by atoms with Crippen molar-refractivity contribution in [3.05, 3.63) is 235 Å². The van der Waals surface area contributed by atoms with Gasteiger partial charge >= 0.3 is 33.9 Å². The largest absolute Gasteiger partial charge is 0.534 e. The highest BCUT2D eigenvalue weighted by Crippen LogP contribution is 2.45. The SMILES string of the molecule is CC(C)(C)OC(=O)NCC1(c2cccc(Cl)c2)CC=C(OS(=O)(=O)C(F)(F)F)CC1.CC(C)(C)OC(=O)NCC1(c2cccc(Cl)c2)CC=C(c2ccccc2)CC1.CC(C)(C)OC(=O)NCC1(c2cccc(Cl)c2)CCC(=O)CC1.NCC1(c2cccc(Cl)c2)CC=C(c2ccccc2)CC1. The van der Waals surface area contributed by atoms with Gasteiger partial charge in [0.15, 0.2) is 0 Å². The minimum Gasteiger partial charge on any atom is -0.444 e. The topological polar surface area (TPSA) is 201 Å². The van der Waals surface area contributed by atoms with Crippen LogP contribution in [0.2, 0.25) is 20.1 Å². The summed E-state index contributed by atoms with van der Waals surface area (Å²) >= 11 is 24.6. The van der Waals surface area contributed by atoms with Crippen molar-refractivity contribution in [2.45, 2.75) is 190 Å². The fourth-order valence-electron chi connectivity index (χ4n) is 12.9. The quantitative estimate of drug-likeness (QED) is 0.0433. The molecule has 0 spiro atoms. The average molecular weight is 1500 g/mol. The number of alkyl carbamates (subject to hydrolysis) is 3. The van der Waals surface area contributed by atoms with Crippen molar-refractivity contribution >= 4 is 91.7 Å². The maximum Gasteiger partial charge on any atom is 0.534 e. The number of allylic oxidation sites excluding steroid dienone is 6. The van der Waals surface area contributed by atoms with E-state index in [1.54, 1.807) is 45.0 Å². The fourth-order valence-corrected chi connectivity index (χ4v) is 14.2. The molecular weight excluding hydrogens is 1410 g/mol. The lowest BCUT2D eigenvalue weighted by Gasteiger charge is -2.37. The summed E-state index contributed by atoms with van der Waals surface area (Å²) in [4.78, 5) is 48.0. The van der Waals surface area contributed by atoms with Gasteiger partial charge in [0.2, 0.25) is 0 Å². The number of ketones is 1. The van der Waals surface area contributed by atoms with Gasteiger partial charge in [-0.1, -0.05) is 168 Å². The molecule has 1 saturated carbocycles. The van der Waals surface area contributed by atoms with Crippen molar-refractivity contribution in [1.29, 1.82) is 0 Å². The van der Waals surface area contributed by atoms with Crippen LogP contribution < -0.4 is 21.7 Å². The number of nitrogens with two attached hydrogens (primary N) is 1. The predicted molar refractivity (Wildman–Crippen MR) is 402 cm³/mol. The van der Waals surface area contributed by atoms with Gasteiger partial charge in [-0.05, 0) is 226 Å². The van der Waals surface area contributed by atoms with E-state index in [0.717, 1.165) is 60.2 Å². The number of halogens is 7. The lowest BCUT2D eigenvalue weighted by molar-refractivity contribution is -0.121. The van der Waals surface area contributed by atoms with Gasteiger partial charge in [-0.3, -0.25) is 4.79 Å². The summed E-state index contributed by atoms with van der Waals surface area (Å²) in [6.45, 7) is 18.0. The second-order valence-corrected chi connectivity index (χ2v) is 32.7. The van der Waals surface area contributed by atoms with Crippen LogP contribution in [0.3, 0.4) is 0 Å². The summed E-state index contributed by atoms with van der Waals surface area (Å²) in [5, 5.41) is 11.2. The summed E-state index contributed by atoms with van der Waals surface area (Å²) in [5.74, 6) is -0.0119. The number of carbonyl (C=O) groups excluding carboxylic acids is 4. The van der Waals surface area contributed by atoms with Crippen molar-refractivity contribution in [1.82, 2.24) is 16.0 Å². The molecule has 6 aromatic carbocycles. The average Bonchev–Trinajstić information content (AvgIpc) is 0.797. The maximum absolute atomic E-state index is 12.6. The molecule has 3 atom stereocenters. The molecular formula is C80H95Cl4F3N4O10S. The third-order valence-corrected chi connectivity index (χ3v) is 20.3. The van der Waals surface area contributed by atoms with E-state index in [1.165, 1.54) is 33.9 Å². The number of nitrogens with one attached hydrogen (secondary N) is 3. The zero-order valence-corrected chi connectivity index (χ0v) is 63.3. The standard InChI is InChI=1S/C24H28ClNO2.C19H23ClF3NO5S.C19H20ClN.C18H24ClNO3/c1-23(2,3)28-22(27)26-17-24(20-10-7-11-21(25)16-20)14-12-19(13-15-24)18-8-5-4-6-9-18;1-17(2,3)28-16(25)24-12-18(13-5-4-6-14(20)11-13)9-7-15(8-10-18)29-30(26,27)19(21,22)23;20-18-8-4-7-17(13-18)19(14-21)11-9-16(10-12-19)15-5-2-1-3-6-15;1-17(2,3)23-16(22)20-12-18(9-7-15(21)8-10-18)13-5-4-6-14(19)11-13/h4-12,16H,13-15,17H2,1-3H3,(H,26,27);4-7,11H,8-10,12H2,1-3H3,(H,24,25);1-9,13H,10-12,14,21H2;4-6,11H,7-10,12H2,1-3H3,(H,20,22). The van der Waals surface area contributed by atoms with Crippen LogP contribution in [0.4, 0.5) is 27.6 Å². The highest BCUT2D eigenvalue weighted by atomic mass is 35.5. The van der Waals surface area contributed by atoms with Crippen LogP contribution in [0, 0.1) is 0 Å². The Labute approximate surface area is 619 Å². The molecule has 0 heterocycles. The van der Waals surface area contributed by atoms with Crippen molar-refractivity contribution < 1.29 is 59.2 Å². The normalized spacial score (nSPS) is 19.9. The summed E-state index contributed by atoms with van der Waals surface area (Å²) in [6.07, 6.45) is 13.1. The van der Waals surface area contributed by atoms with Gasteiger partial charge in [-0.15, -0.1) is 0 Å². The van der Waals surface area contributed by atoms with Gasteiger partial charge in [-0.2, -0.15) is 21.6 Å². The van der Waals surface area contributed by atoms with Crippen LogP contribution in [0.5, 0.6) is 0 Å². The molecule has 6 aromatic rings. The van der Waals surface area contributed by atoms with Crippen molar-refractivity contribution in [3.8, 4) is 0 Å². The van der Waals surface area contributed by atoms with Crippen LogP contribution in [-0.4, -0.2) is 81.0 Å². The van der Waals surface area contributed by atoms with Gasteiger partial charge < -0.3 is 40.1 Å². The molecule has 4 aliphatic carbocycles. The second kappa shape index (κ2) is 35.4. The van der Waals surface area contributed by atoms with Gasteiger partial charge in [0.05, 0.1) is 0 Å². The van der Waals surface area contributed by atoms with E-state index >= 15 is 0 Å². The molecule has 0 aromatic heterocycles. The highest BCUT2D eigenvalue weighted by Gasteiger charge is 2.50. The Bertz CT molecular complexity index is 4050. The molecule has 0 bridgehead atoms. The molecule has 14 nitrogen and oxygen atoms in total. The molecule has 0 saturated heterocycles. The molecule has 10 rings (SSSR count). The number of amides is 3. The number of alkyl halides is 3. The Morgan fingerprint density at radius 3 is 1.06 bits per heavy atom. The Hall–Kier alpha value is -7.32. The lowest BCUT2D eigenvalue weighted by atomic mass is 9.69. The summed E-state index contributed by atoms with van der Waals surface area (Å²) < 4.78 is 80.5. The van der Waals surface area contributed by atoms with Crippen molar-refractivity contribution in [3.63, 3.8) is 0 Å². The Kier molecular flexibility index (Phi) is 28.5. The third kappa shape index (κ3) is 24.4. The fraction of sp³-hybridized carbons (Fsp3) is 0.425. The van der Waals surface area contributed by atoms with Crippen molar-refractivity contribution in [2.24, 2.45) is 5.73 Å². The summed E-state index contributed by atoms with van der Waals surface area (Å²) in [7, 11) is -5.73. The first-order chi connectivity index (χ1) is 47.8. The maximum atomic E-state index is 12.6. The molecule has 3 unspecified atom stereocenters. The smallest absolute Gasteiger partial charge is 0.444 e. The Morgan fingerprint density at radius 1 is 0.441 bits per heavy atom. The van der Waals surface area contributed by atoms with Crippen molar-refractivity contribution in [2.75, 3.05) is 26.2 Å². The number of carbonyl (C=O) groups is 4. The van der Waals surface area contributed by atoms with Gasteiger partial charge in [0.1, 0.15) is 28.3 Å². The number of ether oxygens (including phenoxy) is 3. The van der Waals surface area contributed by atoms with E-state index in [1.807, 2.05) is 102 Å². The van der Waals surface area contributed by atoms with Gasteiger partial charge in [0.25, 0.3) is 0 Å². The van der Waals surface area contributed by atoms with Crippen LogP contribution in [0.25, 0.3) is 11.1 Å². The molecule has 1 fully saturated rings. The molecule has 3 amide bonds. The first-order valence-corrected chi connectivity index (χ1v) is 37.1. The highest BCUT2D eigenvalue weighted by molar-refractivity contribution is 7.87. The molecule has 22 heteroatoms. The zero-order chi connectivity index (χ0) is 74.8. The first-order valence-electron chi connectivity index (χ1n) is 34.2. The van der Waals surface area contributed by atoms with E-state index in [0.29, 0.717) is 60.4 Å². The van der Waals surface area contributed by atoms with Gasteiger partial charge in [0, 0.05) is 87.2 Å².